The van der Waals surface area contributed by atoms with Gasteiger partial charge in [0.25, 0.3) is 0 Å². The number of aromatic amines is 1. The van der Waals surface area contributed by atoms with Crippen LogP contribution in [0.25, 0.3) is 11.0 Å². The summed E-state index contributed by atoms with van der Waals surface area (Å²) in [7, 11) is 0. The van der Waals surface area contributed by atoms with Crippen molar-refractivity contribution >= 4 is 11.0 Å². The van der Waals surface area contributed by atoms with Gasteiger partial charge in [0, 0.05) is 0 Å². The minimum Gasteiger partial charge on any atom is -0.394 e. The number of rotatable bonds is 2. The number of aliphatic hydroxyl groups is 1. The lowest BCUT2D eigenvalue weighted by Crippen LogP contribution is -2.15. The van der Waals surface area contributed by atoms with Crippen LogP contribution in [-0.2, 0) is 0 Å². The molecule has 4 nitrogen and oxygen atoms in total. The van der Waals surface area contributed by atoms with Gasteiger partial charge in [-0.15, -0.1) is 0 Å². The lowest BCUT2D eigenvalue weighted by molar-refractivity contribution is 0.264. The minimum absolute atomic E-state index is 0.0994. The molecule has 0 fully saturated rings. The Kier molecular flexibility index (Phi) is 2.46. The number of benzene rings is 1. The Morgan fingerprint density at radius 3 is 2.87 bits per heavy atom. The molecule has 1 aromatic carbocycles. The molecule has 2 aromatic rings. The molecule has 4 heteroatoms. The third kappa shape index (κ3) is 1.73. The predicted octanol–water partition coefficient (Wildman–Crippen LogP) is 1.17. The van der Waals surface area contributed by atoms with Gasteiger partial charge in [-0.05, 0) is 31.0 Å². The van der Waals surface area contributed by atoms with E-state index >= 15 is 0 Å². The zero-order chi connectivity index (χ0) is 11.0. The number of imidazole rings is 1. The second-order valence-electron chi connectivity index (χ2n) is 3.89. The van der Waals surface area contributed by atoms with Crippen molar-refractivity contribution in [1.29, 1.82) is 0 Å². The van der Waals surface area contributed by atoms with E-state index in [4.69, 9.17) is 10.8 Å². The summed E-state index contributed by atoms with van der Waals surface area (Å²) in [4.78, 5) is 7.52. The molecule has 15 heavy (non-hydrogen) atoms. The maximum Gasteiger partial charge on any atom is 0.126 e. The number of aryl methyl sites for hydroxylation is 2. The van der Waals surface area contributed by atoms with Gasteiger partial charge in [0.2, 0.25) is 0 Å². The number of hydrogen-bond donors (Lipinski definition) is 3. The van der Waals surface area contributed by atoms with Crippen molar-refractivity contribution < 1.29 is 5.11 Å². The van der Waals surface area contributed by atoms with E-state index in [1.165, 1.54) is 5.56 Å². The van der Waals surface area contributed by atoms with Gasteiger partial charge in [-0.1, -0.05) is 6.07 Å². The van der Waals surface area contributed by atoms with Crippen molar-refractivity contribution in [2.75, 3.05) is 6.61 Å². The molecule has 1 heterocycles. The summed E-state index contributed by atoms with van der Waals surface area (Å²) in [5, 5.41) is 8.95. The van der Waals surface area contributed by atoms with Crippen LogP contribution >= 0.6 is 0 Å². The number of nitrogens with zero attached hydrogens (tertiary/aromatic N) is 1. The Balaban J connectivity index is 2.60. The van der Waals surface area contributed by atoms with E-state index in [0.29, 0.717) is 5.82 Å². The average molecular weight is 205 g/mol. The fourth-order valence-corrected chi connectivity index (χ4v) is 1.75. The molecule has 4 N–H and O–H groups in total. The SMILES string of the molecule is Cc1cc(C)c2nc(C(N)CO)[nH]c2c1. The molecule has 2 rings (SSSR count). The number of nitrogens with two attached hydrogens (primary N) is 1. The molecule has 0 aliphatic rings. The average Bonchev–Trinajstić information content (AvgIpc) is 2.60. The van der Waals surface area contributed by atoms with Crippen molar-refractivity contribution in [2.45, 2.75) is 19.9 Å². The molecule has 1 atom stereocenters. The van der Waals surface area contributed by atoms with Crippen LogP contribution in [0, 0.1) is 13.8 Å². The van der Waals surface area contributed by atoms with Gasteiger partial charge in [-0.2, -0.15) is 0 Å². The van der Waals surface area contributed by atoms with Crippen molar-refractivity contribution in [3.8, 4) is 0 Å². The smallest absolute Gasteiger partial charge is 0.126 e. The van der Waals surface area contributed by atoms with Crippen LogP contribution < -0.4 is 5.73 Å². The molecule has 0 spiro atoms. The standard InChI is InChI=1S/C11H15N3O/c1-6-3-7(2)10-9(4-6)13-11(14-10)8(12)5-15/h3-4,8,15H,5,12H2,1-2H3,(H,13,14). The van der Waals surface area contributed by atoms with Crippen molar-refractivity contribution in [3.05, 3.63) is 29.1 Å². The number of fused-ring (bicyclic) bond motifs is 1. The molecular formula is C11H15N3O. The normalized spacial score (nSPS) is 13.3. The fraction of sp³-hybridized carbons (Fsp3) is 0.364. The van der Waals surface area contributed by atoms with E-state index in [-0.39, 0.29) is 6.61 Å². The van der Waals surface area contributed by atoms with Crippen LogP contribution in [0.5, 0.6) is 0 Å². The number of hydrogen-bond acceptors (Lipinski definition) is 3. The number of aromatic nitrogens is 2. The molecule has 0 saturated carbocycles. The van der Waals surface area contributed by atoms with Gasteiger partial charge >= 0.3 is 0 Å². The molecule has 0 radical (unpaired) electrons. The Morgan fingerprint density at radius 2 is 2.20 bits per heavy atom. The molecule has 80 valence electrons. The first-order chi connectivity index (χ1) is 7.11. The van der Waals surface area contributed by atoms with Crippen molar-refractivity contribution in [1.82, 2.24) is 9.97 Å². The number of aliphatic hydroxyl groups excluding tert-OH is 1. The minimum atomic E-state index is -0.433. The van der Waals surface area contributed by atoms with Crippen LogP contribution in [-0.4, -0.2) is 21.7 Å². The molecule has 0 aliphatic heterocycles. The molecule has 0 amide bonds. The van der Waals surface area contributed by atoms with E-state index < -0.39 is 6.04 Å². The van der Waals surface area contributed by atoms with E-state index in [2.05, 4.69) is 16.0 Å². The molecule has 1 aromatic heterocycles. The van der Waals surface area contributed by atoms with Gasteiger partial charge < -0.3 is 15.8 Å². The first kappa shape index (κ1) is 10.1. The zero-order valence-electron chi connectivity index (χ0n) is 8.91. The van der Waals surface area contributed by atoms with Gasteiger partial charge in [0.1, 0.15) is 5.82 Å². The van der Waals surface area contributed by atoms with Gasteiger partial charge in [0.15, 0.2) is 0 Å². The Bertz CT molecular complexity index is 490. The second-order valence-corrected chi connectivity index (χ2v) is 3.89. The quantitative estimate of drug-likeness (QED) is 0.689. The van der Waals surface area contributed by atoms with E-state index in [9.17, 15) is 0 Å². The first-order valence-electron chi connectivity index (χ1n) is 4.95. The molecule has 0 aliphatic carbocycles. The van der Waals surface area contributed by atoms with E-state index in [0.717, 1.165) is 16.6 Å². The lowest BCUT2D eigenvalue weighted by atomic mass is 10.1. The highest BCUT2D eigenvalue weighted by Crippen LogP contribution is 2.20. The highest BCUT2D eigenvalue weighted by Gasteiger charge is 2.11. The van der Waals surface area contributed by atoms with Gasteiger partial charge in [-0.3, -0.25) is 0 Å². The summed E-state index contributed by atoms with van der Waals surface area (Å²) in [6, 6.07) is 3.68. The first-order valence-corrected chi connectivity index (χ1v) is 4.95. The topological polar surface area (TPSA) is 74.9 Å². The van der Waals surface area contributed by atoms with E-state index in [1.807, 2.05) is 19.9 Å². The highest BCUT2D eigenvalue weighted by molar-refractivity contribution is 5.79. The summed E-state index contributed by atoms with van der Waals surface area (Å²) in [5.74, 6) is 0.640. The summed E-state index contributed by atoms with van der Waals surface area (Å²) >= 11 is 0. The van der Waals surface area contributed by atoms with E-state index in [1.54, 1.807) is 0 Å². The third-order valence-corrected chi connectivity index (χ3v) is 2.49. The Labute approximate surface area is 88.1 Å². The number of H-pyrrole nitrogens is 1. The highest BCUT2D eigenvalue weighted by atomic mass is 16.3. The zero-order valence-corrected chi connectivity index (χ0v) is 8.91. The van der Waals surface area contributed by atoms with Crippen LogP contribution in [0.2, 0.25) is 0 Å². The molecular weight excluding hydrogens is 190 g/mol. The second kappa shape index (κ2) is 3.64. The van der Waals surface area contributed by atoms with Crippen LogP contribution in [0.3, 0.4) is 0 Å². The summed E-state index contributed by atoms with van der Waals surface area (Å²) in [5.41, 5.74) is 9.92. The Morgan fingerprint density at radius 1 is 1.47 bits per heavy atom. The maximum atomic E-state index is 8.95. The summed E-state index contributed by atoms with van der Waals surface area (Å²) in [6.07, 6.45) is 0. The summed E-state index contributed by atoms with van der Waals surface area (Å²) in [6.45, 7) is 3.96. The van der Waals surface area contributed by atoms with Crippen LogP contribution in [0.15, 0.2) is 12.1 Å². The number of nitrogens with one attached hydrogen (secondary N) is 1. The van der Waals surface area contributed by atoms with Crippen LogP contribution in [0.4, 0.5) is 0 Å². The largest absolute Gasteiger partial charge is 0.394 e. The molecule has 1 unspecified atom stereocenters. The van der Waals surface area contributed by atoms with Crippen molar-refractivity contribution in [3.63, 3.8) is 0 Å². The Hall–Kier alpha value is -1.39. The monoisotopic (exact) mass is 205 g/mol. The molecule has 0 bridgehead atoms. The summed E-state index contributed by atoms with van der Waals surface area (Å²) < 4.78 is 0. The predicted molar refractivity (Wildman–Crippen MR) is 59.6 cm³/mol. The van der Waals surface area contributed by atoms with Gasteiger partial charge in [0.05, 0.1) is 23.7 Å². The fourth-order valence-electron chi connectivity index (χ4n) is 1.75. The maximum absolute atomic E-state index is 8.95. The van der Waals surface area contributed by atoms with Gasteiger partial charge in [-0.25, -0.2) is 4.98 Å². The lowest BCUT2D eigenvalue weighted by Gasteiger charge is -2.01. The van der Waals surface area contributed by atoms with Crippen LogP contribution in [0.1, 0.15) is 23.0 Å². The third-order valence-electron chi connectivity index (χ3n) is 2.49. The van der Waals surface area contributed by atoms with Crippen molar-refractivity contribution in [2.24, 2.45) is 5.73 Å². The molecule has 0 saturated heterocycles.